The van der Waals surface area contributed by atoms with E-state index >= 15 is 4.39 Å². The standard InChI is InChI=1S/C28H36FN3O3S/c1-31-13-11-23(19-31)36-16-15-32-14-10-20(21(18-32)4-8-28(33)34)3-6-26(29)24-9-12-30-27-7-5-22(35-2)17-25(24)27/h5,7,9,11-13,17,19-21,26H,3-4,6,8,10,14-16,18H2,1-2H3,(H,33,34)/t20-,21-,26-/m1/s1. The number of nitrogens with zero attached hydrogens (tertiary/aromatic N) is 3. The Labute approximate surface area is 216 Å². The molecule has 1 saturated heterocycles. The minimum Gasteiger partial charge on any atom is -0.497 e. The van der Waals surface area contributed by atoms with E-state index in [1.54, 1.807) is 19.4 Å². The molecule has 194 valence electrons. The first kappa shape index (κ1) is 26.5. The fraction of sp³-hybridized carbons (Fsp3) is 0.500. The number of pyridine rings is 1. The summed E-state index contributed by atoms with van der Waals surface area (Å²) in [6.07, 6.45) is 7.73. The van der Waals surface area contributed by atoms with Crippen LogP contribution < -0.4 is 4.74 Å². The number of aryl methyl sites for hydroxylation is 1. The Kier molecular flexibility index (Phi) is 9.26. The van der Waals surface area contributed by atoms with Crippen LogP contribution in [0.2, 0.25) is 0 Å². The molecule has 1 aliphatic heterocycles. The molecule has 36 heavy (non-hydrogen) atoms. The summed E-state index contributed by atoms with van der Waals surface area (Å²) in [6, 6.07) is 9.44. The van der Waals surface area contributed by atoms with Crippen LogP contribution in [0, 0.1) is 11.8 Å². The molecule has 1 fully saturated rings. The number of benzene rings is 1. The highest BCUT2D eigenvalue weighted by Gasteiger charge is 2.30. The molecule has 3 aromatic rings. The number of carbonyl (C=O) groups is 1. The number of aromatic nitrogens is 2. The summed E-state index contributed by atoms with van der Waals surface area (Å²) in [5, 5.41) is 10.1. The second kappa shape index (κ2) is 12.6. The van der Waals surface area contributed by atoms with Crippen molar-refractivity contribution in [3.8, 4) is 5.75 Å². The number of carboxylic acid groups (broad SMARTS) is 1. The Morgan fingerprint density at radius 3 is 2.89 bits per heavy atom. The number of aliphatic carboxylic acids is 1. The summed E-state index contributed by atoms with van der Waals surface area (Å²) in [5.41, 5.74) is 1.41. The molecule has 8 heteroatoms. The van der Waals surface area contributed by atoms with Crippen LogP contribution in [0.1, 0.15) is 43.8 Å². The number of halogens is 1. The number of carboxylic acids is 1. The van der Waals surface area contributed by atoms with Crippen molar-refractivity contribution < 1.29 is 19.0 Å². The first-order valence-corrected chi connectivity index (χ1v) is 13.7. The minimum atomic E-state index is -1.09. The zero-order valence-corrected chi connectivity index (χ0v) is 21.9. The molecule has 1 N–H and O–H groups in total. The average Bonchev–Trinajstić information content (AvgIpc) is 3.30. The number of ether oxygens (including phenoxy) is 1. The lowest BCUT2D eigenvalue weighted by molar-refractivity contribution is -0.137. The van der Waals surface area contributed by atoms with Crippen LogP contribution in [0.15, 0.2) is 53.8 Å². The van der Waals surface area contributed by atoms with Gasteiger partial charge in [0, 0.05) is 61.2 Å². The maximum absolute atomic E-state index is 15.5. The fourth-order valence-electron chi connectivity index (χ4n) is 5.29. The van der Waals surface area contributed by atoms with Gasteiger partial charge in [0.05, 0.1) is 12.6 Å². The van der Waals surface area contributed by atoms with E-state index < -0.39 is 12.1 Å². The average molecular weight is 514 g/mol. The van der Waals surface area contributed by atoms with Gasteiger partial charge in [0.25, 0.3) is 0 Å². The van der Waals surface area contributed by atoms with Crippen LogP contribution in [0.3, 0.4) is 0 Å². The Morgan fingerprint density at radius 2 is 2.14 bits per heavy atom. The molecule has 0 radical (unpaired) electrons. The van der Waals surface area contributed by atoms with Crippen LogP contribution in [-0.2, 0) is 11.8 Å². The maximum atomic E-state index is 15.5. The summed E-state index contributed by atoms with van der Waals surface area (Å²) in [5.74, 6) is 1.55. The molecule has 0 amide bonds. The minimum absolute atomic E-state index is 0.168. The number of piperidine rings is 1. The molecule has 0 saturated carbocycles. The van der Waals surface area contributed by atoms with Crippen molar-refractivity contribution in [1.29, 1.82) is 0 Å². The van der Waals surface area contributed by atoms with E-state index in [0.717, 1.165) is 49.1 Å². The fourth-order valence-corrected chi connectivity index (χ4v) is 6.28. The third kappa shape index (κ3) is 7.01. The van der Waals surface area contributed by atoms with Crippen LogP contribution in [0.4, 0.5) is 4.39 Å². The molecule has 0 unspecified atom stereocenters. The van der Waals surface area contributed by atoms with Crippen LogP contribution in [-0.4, -0.2) is 58.0 Å². The molecule has 0 spiro atoms. The van der Waals surface area contributed by atoms with E-state index in [1.165, 1.54) is 4.90 Å². The first-order valence-electron chi connectivity index (χ1n) is 12.7. The van der Waals surface area contributed by atoms with Crippen molar-refractivity contribution in [1.82, 2.24) is 14.5 Å². The van der Waals surface area contributed by atoms with E-state index in [-0.39, 0.29) is 12.3 Å². The predicted molar refractivity (Wildman–Crippen MR) is 142 cm³/mol. The highest BCUT2D eigenvalue weighted by atomic mass is 32.2. The van der Waals surface area contributed by atoms with Gasteiger partial charge in [-0.05, 0) is 80.0 Å². The molecule has 0 aliphatic carbocycles. The van der Waals surface area contributed by atoms with Crippen molar-refractivity contribution in [3.05, 3.63) is 54.5 Å². The Morgan fingerprint density at radius 1 is 1.28 bits per heavy atom. The van der Waals surface area contributed by atoms with E-state index in [4.69, 9.17) is 4.74 Å². The molecule has 4 rings (SSSR count). The monoisotopic (exact) mass is 513 g/mol. The lowest BCUT2D eigenvalue weighted by Gasteiger charge is -2.39. The lowest BCUT2D eigenvalue weighted by atomic mass is 9.79. The molecule has 3 heterocycles. The van der Waals surface area contributed by atoms with E-state index in [2.05, 4.69) is 32.9 Å². The maximum Gasteiger partial charge on any atom is 0.303 e. The highest BCUT2D eigenvalue weighted by Crippen LogP contribution is 2.36. The molecular weight excluding hydrogens is 477 g/mol. The zero-order chi connectivity index (χ0) is 25.5. The summed E-state index contributed by atoms with van der Waals surface area (Å²) in [4.78, 5) is 19.4. The Hall–Kier alpha value is -2.58. The quantitative estimate of drug-likeness (QED) is 0.301. The van der Waals surface area contributed by atoms with Crippen LogP contribution >= 0.6 is 11.8 Å². The normalized spacial score (nSPS) is 19.4. The highest BCUT2D eigenvalue weighted by molar-refractivity contribution is 7.99. The summed E-state index contributed by atoms with van der Waals surface area (Å²) in [6.45, 7) is 2.85. The van der Waals surface area contributed by atoms with Crippen molar-refractivity contribution in [2.45, 2.75) is 43.2 Å². The van der Waals surface area contributed by atoms with Crippen molar-refractivity contribution >= 4 is 28.6 Å². The summed E-state index contributed by atoms with van der Waals surface area (Å²) < 4.78 is 22.9. The number of hydrogen-bond donors (Lipinski definition) is 1. The van der Waals surface area contributed by atoms with Gasteiger partial charge >= 0.3 is 5.97 Å². The first-order chi connectivity index (χ1) is 17.4. The zero-order valence-electron chi connectivity index (χ0n) is 21.1. The molecule has 6 nitrogen and oxygen atoms in total. The third-order valence-corrected chi connectivity index (χ3v) is 8.26. The lowest BCUT2D eigenvalue weighted by Crippen LogP contribution is -2.41. The smallest absolute Gasteiger partial charge is 0.303 e. The number of fused-ring (bicyclic) bond motifs is 1. The molecule has 1 aromatic carbocycles. The van der Waals surface area contributed by atoms with Gasteiger partial charge in [0.1, 0.15) is 11.9 Å². The second-order valence-corrected chi connectivity index (χ2v) is 10.9. The van der Waals surface area contributed by atoms with Crippen molar-refractivity contribution in [2.24, 2.45) is 18.9 Å². The van der Waals surface area contributed by atoms with Gasteiger partial charge in [-0.25, -0.2) is 4.39 Å². The number of alkyl halides is 1. The summed E-state index contributed by atoms with van der Waals surface area (Å²) >= 11 is 1.85. The SMILES string of the molecule is COc1ccc2nccc([C@H](F)CC[C@@H]3CCN(CCSc4ccn(C)c4)C[C@H]3CCC(=O)O)c2c1. The van der Waals surface area contributed by atoms with Crippen LogP contribution in [0.5, 0.6) is 5.75 Å². The van der Waals surface area contributed by atoms with Gasteiger partial charge in [-0.1, -0.05) is 0 Å². The van der Waals surface area contributed by atoms with Gasteiger partial charge < -0.3 is 19.3 Å². The number of likely N-dealkylation sites (tertiary alicyclic amines) is 1. The Balaban J connectivity index is 1.35. The Bertz CT molecular complexity index is 1150. The topological polar surface area (TPSA) is 67.6 Å². The number of hydrogen-bond acceptors (Lipinski definition) is 5. The van der Waals surface area contributed by atoms with E-state index in [9.17, 15) is 9.90 Å². The van der Waals surface area contributed by atoms with Gasteiger partial charge in [-0.2, -0.15) is 0 Å². The molecule has 2 aromatic heterocycles. The van der Waals surface area contributed by atoms with E-state index in [1.807, 2.05) is 37.0 Å². The number of thioether (sulfide) groups is 1. The molecule has 1 aliphatic rings. The van der Waals surface area contributed by atoms with Crippen molar-refractivity contribution in [2.75, 3.05) is 32.5 Å². The van der Waals surface area contributed by atoms with E-state index in [0.29, 0.717) is 30.1 Å². The second-order valence-electron chi connectivity index (χ2n) is 9.73. The number of rotatable bonds is 12. The molecule has 3 atom stereocenters. The largest absolute Gasteiger partial charge is 0.497 e. The van der Waals surface area contributed by atoms with Gasteiger partial charge in [0.15, 0.2) is 0 Å². The summed E-state index contributed by atoms with van der Waals surface area (Å²) in [7, 11) is 3.63. The van der Waals surface area contributed by atoms with Crippen LogP contribution in [0.25, 0.3) is 10.9 Å². The van der Waals surface area contributed by atoms with Gasteiger partial charge in [0.2, 0.25) is 0 Å². The van der Waals surface area contributed by atoms with Gasteiger partial charge in [-0.3, -0.25) is 9.78 Å². The molecular formula is C28H36FN3O3S. The molecule has 0 bridgehead atoms. The van der Waals surface area contributed by atoms with Gasteiger partial charge in [-0.15, -0.1) is 11.8 Å². The third-order valence-electron chi connectivity index (χ3n) is 7.30. The predicted octanol–water partition coefficient (Wildman–Crippen LogP) is 5.97. The number of methoxy groups -OCH3 is 1. The van der Waals surface area contributed by atoms with Crippen molar-refractivity contribution in [3.63, 3.8) is 0 Å².